The highest BCUT2D eigenvalue weighted by molar-refractivity contribution is 6.84. The Labute approximate surface area is 127 Å². The molecule has 106 valence electrons. The maximum Gasteiger partial charge on any atom is 0.206 e. The minimum atomic E-state index is 0.484. The largest absolute Gasteiger partial charge is 0.349 e. The Kier molecular flexibility index (Phi) is 5.83. The predicted molar refractivity (Wildman–Crippen MR) is 91.7 cm³/mol. The molecule has 0 amide bonds. The van der Waals surface area contributed by atoms with Crippen LogP contribution in [0.15, 0.2) is 73.1 Å². The van der Waals surface area contributed by atoms with E-state index in [0.717, 1.165) is 12.2 Å². The topological polar surface area (TPSA) is 28.7 Å². The van der Waals surface area contributed by atoms with Gasteiger partial charge in [0.25, 0.3) is 0 Å². The molecule has 0 spiro atoms. The first kappa shape index (κ1) is 15.1. The van der Waals surface area contributed by atoms with Crippen LogP contribution in [0.25, 0.3) is 0 Å². The normalized spacial score (nSPS) is 9.62. The molecule has 0 aliphatic carbocycles. The molecule has 21 heavy (non-hydrogen) atoms. The third-order valence-electron chi connectivity index (χ3n) is 3.49. The molecule has 0 aliphatic rings. The van der Waals surface area contributed by atoms with Gasteiger partial charge in [0.15, 0.2) is 0 Å². The van der Waals surface area contributed by atoms with Gasteiger partial charge in [0.2, 0.25) is 6.71 Å². The first-order chi connectivity index (χ1) is 10.3. The summed E-state index contributed by atoms with van der Waals surface area (Å²) in [5.74, 6) is 1.06. The zero-order valence-electron chi connectivity index (χ0n) is 12.7. The van der Waals surface area contributed by atoms with Gasteiger partial charge in [-0.2, -0.15) is 0 Å². The van der Waals surface area contributed by atoms with Crippen LogP contribution in [0.5, 0.6) is 0 Å². The van der Waals surface area contributed by atoms with Gasteiger partial charge in [-0.1, -0.05) is 85.3 Å². The summed E-state index contributed by atoms with van der Waals surface area (Å²) in [5, 5.41) is 0. The Morgan fingerprint density at radius 2 is 1.43 bits per heavy atom. The third-order valence-corrected chi connectivity index (χ3v) is 3.49. The van der Waals surface area contributed by atoms with Crippen molar-refractivity contribution < 1.29 is 0 Å². The monoisotopic (exact) mass is 276 g/mol. The summed E-state index contributed by atoms with van der Waals surface area (Å²) in [4.78, 5) is 6.95. The number of imidazole rings is 1. The van der Waals surface area contributed by atoms with Crippen LogP contribution < -0.4 is 10.9 Å². The van der Waals surface area contributed by atoms with Gasteiger partial charge < -0.3 is 4.98 Å². The molecule has 3 rings (SSSR count). The molecular formula is C18H21BN2. The molecule has 1 aromatic heterocycles. The van der Waals surface area contributed by atoms with E-state index in [1.165, 1.54) is 10.9 Å². The minimum Gasteiger partial charge on any atom is -0.349 e. The van der Waals surface area contributed by atoms with Crippen LogP contribution in [0.3, 0.4) is 0 Å². The van der Waals surface area contributed by atoms with Crippen molar-refractivity contribution in [3.63, 3.8) is 0 Å². The molecule has 2 aromatic carbocycles. The summed E-state index contributed by atoms with van der Waals surface area (Å²) in [5.41, 5.74) is 2.75. The Hall–Kier alpha value is -2.29. The second kappa shape index (κ2) is 8.10. The summed E-state index contributed by atoms with van der Waals surface area (Å²) >= 11 is 0. The van der Waals surface area contributed by atoms with Crippen LogP contribution in [0, 0.1) is 0 Å². The first-order valence-electron chi connectivity index (χ1n) is 7.39. The summed E-state index contributed by atoms with van der Waals surface area (Å²) in [6, 6.07) is 21.2. The predicted octanol–water partition coefficient (Wildman–Crippen LogP) is 2.90. The molecule has 1 N–H and O–H groups in total. The lowest BCUT2D eigenvalue weighted by atomic mass is 9.43. The molecular weight excluding hydrogens is 255 g/mol. The first-order valence-corrected chi connectivity index (χ1v) is 7.39. The second-order valence-electron chi connectivity index (χ2n) is 4.93. The van der Waals surface area contributed by atoms with E-state index >= 15 is 0 Å². The average molecular weight is 276 g/mol. The summed E-state index contributed by atoms with van der Waals surface area (Å²) in [6.45, 7) is 4.79. The lowest BCUT2D eigenvalue weighted by Crippen LogP contribution is -2.38. The molecule has 0 radical (unpaired) electrons. The van der Waals surface area contributed by atoms with Gasteiger partial charge in [0.05, 0.1) is 0 Å². The molecule has 0 saturated heterocycles. The lowest BCUT2D eigenvalue weighted by molar-refractivity contribution is 0.990. The fraction of sp³-hybridized carbons (Fsp3) is 0.167. The molecule has 0 fully saturated rings. The van der Waals surface area contributed by atoms with Gasteiger partial charge in [-0.25, -0.2) is 4.98 Å². The number of benzene rings is 2. The SMILES string of the molecule is CB(c1ccccc1)c1ccccc1.CCc1ncc[nH]1. The van der Waals surface area contributed by atoms with Gasteiger partial charge in [-0.3, -0.25) is 0 Å². The number of aryl methyl sites for hydroxylation is 1. The van der Waals surface area contributed by atoms with Crippen LogP contribution >= 0.6 is 0 Å². The highest BCUT2D eigenvalue weighted by atomic mass is 14.9. The molecule has 0 atom stereocenters. The van der Waals surface area contributed by atoms with Crippen molar-refractivity contribution in [2.75, 3.05) is 0 Å². The van der Waals surface area contributed by atoms with Crippen molar-refractivity contribution in [2.24, 2.45) is 0 Å². The number of aromatic amines is 1. The highest BCUT2D eigenvalue weighted by Gasteiger charge is 2.10. The number of H-pyrrole nitrogens is 1. The smallest absolute Gasteiger partial charge is 0.206 e. The number of rotatable bonds is 3. The van der Waals surface area contributed by atoms with Crippen molar-refractivity contribution in [2.45, 2.75) is 20.2 Å². The maximum atomic E-state index is 3.98. The molecule has 0 aliphatic heterocycles. The van der Waals surface area contributed by atoms with Crippen LogP contribution in [0.1, 0.15) is 12.7 Å². The minimum absolute atomic E-state index is 0.484. The van der Waals surface area contributed by atoms with Crippen LogP contribution in [0.4, 0.5) is 0 Å². The fourth-order valence-corrected chi connectivity index (χ4v) is 2.17. The van der Waals surface area contributed by atoms with Gasteiger partial charge in [-0.05, 0) is 0 Å². The van der Waals surface area contributed by atoms with Crippen molar-refractivity contribution in [3.8, 4) is 0 Å². The van der Waals surface area contributed by atoms with E-state index in [9.17, 15) is 0 Å². The van der Waals surface area contributed by atoms with Crippen LogP contribution in [-0.4, -0.2) is 16.7 Å². The quantitative estimate of drug-likeness (QED) is 0.732. The molecule has 0 bridgehead atoms. The van der Waals surface area contributed by atoms with Crippen molar-refractivity contribution >= 4 is 17.6 Å². The number of aromatic nitrogens is 2. The van der Waals surface area contributed by atoms with E-state index in [1.807, 2.05) is 6.20 Å². The summed E-state index contributed by atoms with van der Waals surface area (Å²) in [7, 11) is 0. The molecule has 2 nitrogen and oxygen atoms in total. The molecule has 3 heteroatoms. The van der Waals surface area contributed by atoms with E-state index < -0.39 is 0 Å². The number of nitrogens with zero attached hydrogens (tertiary/aromatic N) is 1. The van der Waals surface area contributed by atoms with Gasteiger partial charge in [0.1, 0.15) is 5.82 Å². The number of nitrogens with one attached hydrogen (secondary N) is 1. The standard InChI is InChI=1S/C13H13B.C5H8N2/c1-14(12-8-4-2-5-9-12)13-10-6-3-7-11-13;1-2-5-6-3-4-7-5/h2-11H,1H3;3-4H,2H2,1H3,(H,6,7). The van der Waals surface area contributed by atoms with Crippen molar-refractivity contribution in [1.29, 1.82) is 0 Å². The fourth-order valence-electron chi connectivity index (χ4n) is 2.17. The zero-order valence-corrected chi connectivity index (χ0v) is 12.7. The van der Waals surface area contributed by atoms with E-state index in [2.05, 4.69) is 84.4 Å². The Morgan fingerprint density at radius 3 is 1.76 bits per heavy atom. The number of hydrogen-bond donors (Lipinski definition) is 1. The van der Waals surface area contributed by atoms with E-state index in [-0.39, 0.29) is 0 Å². The average Bonchev–Trinajstić information content (AvgIpc) is 3.10. The van der Waals surface area contributed by atoms with Crippen LogP contribution in [0.2, 0.25) is 6.82 Å². The van der Waals surface area contributed by atoms with Crippen molar-refractivity contribution in [3.05, 3.63) is 78.9 Å². The maximum absolute atomic E-state index is 3.98. The highest BCUT2D eigenvalue weighted by Crippen LogP contribution is 1.91. The summed E-state index contributed by atoms with van der Waals surface area (Å²) < 4.78 is 0. The lowest BCUT2D eigenvalue weighted by Gasteiger charge is -2.08. The Balaban J connectivity index is 0.000000194. The van der Waals surface area contributed by atoms with Gasteiger partial charge in [-0.15, -0.1) is 0 Å². The molecule has 3 aromatic rings. The Bertz CT molecular complexity index is 567. The summed E-state index contributed by atoms with van der Waals surface area (Å²) in [6.07, 6.45) is 4.59. The zero-order chi connectivity index (χ0) is 14.9. The van der Waals surface area contributed by atoms with E-state index in [0.29, 0.717) is 6.71 Å². The van der Waals surface area contributed by atoms with Crippen LogP contribution in [-0.2, 0) is 6.42 Å². The van der Waals surface area contributed by atoms with Crippen molar-refractivity contribution in [1.82, 2.24) is 9.97 Å². The van der Waals surface area contributed by atoms with E-state index in [1.54, 1.807) is 6.20 Å². The molecule has 1 heterocycles. The number of hydrogen-bond acceptors (Lipinski definition) is 1. The molecule has 0 saturated carbocycles. The third kappa shape index (κ3) is 4.64. The van der Waals surface area contributed by atoms with Gasteiger partial charge >= 0.3 is 0 Å². The van der Waals surface area contributed by atoms with E-state index in [4.69, 9.17) is 0 Å². The second-order valence-corrected chi connectivity index (χ2v) is 4.93. The Morgan fingerprint density at radius 1 is 0.905 bits per heavy atom. The van der Waals surface area contributed by atoms with Gasteiger partial charge in [0, 0.05) is 18.8 Å². The molecule has 0 unspecified atom stereocenters.